The molecule has 1 heterocycles. The molecule has 0 aliphatic heterocycles. The van der Waals surface area contributed by atoms with Crippen molar-refractivity contribution >= 4 is 11.6 Å². The molecule has 0 aliphatic rings. The Bertz CT molecular complexity index is 1100. The number of benzene rings is 2. The number of nitrogens with one attached hydrogen (secondary N) is 1. The summed E-state index contributed by atoms with van der Waals surface area (Å²) >= 11 is 0. The number of amides is 1. The van der Waals surface area contributed by atoms with Crippen molar-refractivity contribution in [2.75, 3.05) is 12.4 Å². The maximum absolute atomic E-state index is 13.6. The number of hydrogen-bond donors (Lipinski definition) is 1. The lowest BCUT2D eigenvalue weighted by Crippen LogP contribution is -2.47. The first-order chi connectivity index (χ1) is 13.7. The summed E-state index contributed by atoms with van der Waals surface area (Å²) in [5.41, 5.74) is 0.519. The van der Waals surface area contributed by atoms with Crippen LogP contribution < -0.4 is 15.6 Å². The first kappa shape index (κ1) is 20.3. The molecule has 150 valence electrons. The fourth-order valence-corrected chi connectivity index (χ4v) is 2.94. The lowest BCUT2D eigenvalue weighted by atomic mass is 10.0. The van der Waals surface area contributed by atoms with Gasteiger partial charge in [0.15, 0.2) is 0 Å². The van der Waals surface area contributed by atoms with E-state index in [1.165, 1.54) is 18.2 Å². The minimum Gasteiger partial charge on any atom is -0.497 e. The van der Waals surface area contributed by atoms with Crippen LogP contribution in [0.4, 0.5) is 10.1 Å². The van der Waals surface area contributed by atoms with Gasteiger partial charge in [-0.05, 0) is 62.7 Å². The van der Waals surface area contributed by atoms with Crippen molar-refractivity contribution in [1.29, 1.82) is 0 Å². The summed E-state index contributed by atoms with van der Waals surface area (Å²) in [7, 11) is 1.56. The van der Waals surface area contributed by atoms with Crippen LogP contribution in [0.5, 0.6) is 5.75 Å². The third kappa shape index (κ3) is 4.34. The van der Waals surface area contributed by atoms with Gasteiger partial charge in [-0.15, -0.1) is 0 Å². The van der Waals surface area contributed by atoms with Crippen LogP contribution in [0.3, 0.4) is 0 Å². The van der Waals surface area contributed by atoms with E-state index >= 15 is 0 Å². The van der Waals surface area contributed by atoms with Gasteiger partial charge in [0, 0.05) is 17.3 Å². The van der Waals surface area contributed by atoms with Crippen LogP contribution >= 0.6 is 0 Å². The fraction of sp³-hybridized carbons (Fsp3) is 0.227. The number of ether oxygens (including phenoxy) is 1. The number of halogens is 1. The molecule has 0 unspecified atom stereocenters. The second kappa shape index (κ2) is 7.87. The summed E-state index contributed by atoms with van der Waals surface area (Å²) in [5, 5.41) is 7.07. The Balaban J connectivity index is 1.97. The molecule has 1 N–H and O–H groups in total. The van der Waals surface area contributed by atoms with E-state index in [4.69, 9.17) is 4.74 Å². The van der Waals surface area contributed by atoms with Crippen LogP contribution in [0.15, 0.2) is 59.4 Å². The molecule has 0 fully saturated rings. The normalized spacial score (nSPS) is 11.2. The average molecular weight is 395 g/mol. The van der Waals surface area contributed by atoms with Gasteiger partial charge in [0.05, 0.1) is 12.8 Å². The quantitative estimate of drug-likeness (QED) is 0.714. The number of nitrogens with zero attached hydrogens (tertiary/aromatic N) is 2. The van der Waals surface area contributed by atoms with E-state index in [-0.39, 0.29) is 0 Å². The summed E-state index contributed by atoms with van der Waals surface area (Å²) in [6.07, 6.45) is 0. The average Bonchev–Trinajstić information content (AvgIpc) is 2.67. The summed E-state index contributed by atoms with van der Waals surface area (Å²) < 4.78 is 20.0. The summed E-state index contributed by atoms with van der Waals surface area (Å²) in [5.74, 6) is -0.283. The Labute approximate surface area is 168 Å². The molecule has 29 heavy (non-hydrogen) atoms. The molecule has 6 nitrogen and oxygen atoms in total. The number of aromatic nitrogens is 2. The second-order valence-corrected chi connectivity index (χ2v) is 7.23. The van der Waals surface area contributed by atoms with Crippen LogP contribution in [-0.2, 0) is 10.3 Å². The first-order valence-corrected chi connectivity index (χ1v) is 9.04. The minimum absolute atomic E-state index is 0.317. The van der Waals surface area contributed by atoms with Gasteiger partial charge in [-0.3, -0.25) is 9.59 Å². The molecule has 1 aromatic heterocycles. The molecule has 3 aromatic rings. The van der Waals surface area contributed by atoms with Crippen molar-refractivity contribution in [2.45, 2.75) is 26.3 Å². The molecule has 1 amide bonds. The van der Waals surface area contributed by atoms with Gasteiger partial charge >= 0.3 is 0 Å². The first-order valence-electron chi connectivity index (χ1n) is 9.04. The predicted molar refractivity (Wildman–Crippen MR) is 110 cm³/mol. The van der Waals surface area contributed by atoms with Crippen molar-refractivity contribution in [3.05, 3.63) is 76.3 Å². The summed E-state index contributed by atoms with van der Waals surface area (Å²) in [6.45, 7) is 4.89. The molecule has 0 atom stereocenters. The maximum atomic E-state index is 13.6. The van der Waals surface area contributed by atoms with Gasteiger partial charge in [0.2, 0.25) is 0 Å². The van der Waals surface area contributed by atoms with Crippen molar-refractivity contribution in [3.8, 4) is 17.0 Å². The van der Waals surface area contributed by atoms with E-state index in [0.29, 0.717) is 22.7 Å². The lowest BCUT2D eigenvalue weighted by Gasteiger charge is -2.25. The smallest absolute Gasteiger partial charge is 0.267 e. The zero-order valence-electron chi connectivity index (χ0n) is 16.7. The van der Waals surface area contributed by atoms with Crippen molar-refractivity contribution in [1.82, 2.24) is 9.78 Å². The molecular weight excluding hydrogens is 373 g/mol. The predicted octanol–water partition coefficient (Wildman–Crippen LogP) is 3.74. The molecule has 0 aliphatic carbocycles. The molecule has 0 saturated carbocycles. The number of rotatable bonds is 5. The minimum atomic E-state index is -1.31. The molecule has 0 saturated heterocycles. The zero-order chi connectivity index (χ0) is 21.2. The van der Waals surface area contributed by atoms with E-state index in [0.717, 1.165) is 10.2 Å². The second-order valence-electron chi connectivity index (χ2n) is 7.23. The Hall–Kier alpha value is -3.48. The maximum Gasteiger partial charge on any atom is 0.267 e. The molecule has 3 rings (SSSR count). The Morgan fingerprint density at radius 1 is 1.14 bits per heavy atom. The van der Waals surface area contributed by atoms with Crippen molar-refractivity contribution in [3.63, 3.8) is 0 Å². The summed E-state index contributed by atoms with van der Waals surface area (Å²) in [4.78, 5) is 25.4. The third-order valence-corrected chi connectivity index (χ3v) is 4.55. The third-order valence-electron chi connectivity index (χ3n) is 4.55. The highest BCUT2D eigenvalue weighted by Crippen LogP contribution is 2.23. The standard InChI is InChI=1S/C22H22FN3O3/c1-14-10-16(23)13-17(11-14)24-21(28)22(2,3)26-20(27)9-8-19(25-26)15-6-5-7-18(12-15)29-4/h5-13H,1-4H3,(H,24,28). The van der Waals surface area contributed by atoms with Crippen LogP contribution in [0.1, 0.15) is 19.4 Å². The molecule has 2 aromatic carbocycles. The zero-order valence-corrected chi connectivity index (χ0v) is 16.7. The number of carbonyl (C=O) groups is 1. The Morgan fingerprint density at radius 2 is 1.90 bits per heavy atom. The lowest BCUT2D eigenvalue weighted by molar-refractivity contribution is -0.123. The number of carbonyl (C=O) groups excluding carboxylic acids is 1. The van der Waals surface area contributed by atoms with Crippen LogP contribution in [0.2, 0.25) is 0 Å². The van der Waals surface area contributed by atoms with E-state index < -0.39 is 22.8 Å². The van der Waals surface area contributed by atoms with Crippen molar-refractivity contribution < 1.29 is 13.9 Å². The van der Waals surface area contributed by atoms with Gasteiger partial charge < -0.3 is 10.1 Å². The highest BCUT2D eigenvalue weighted by molar-refractivity contribution is 5.96. The Morgan fingerprint density at radius 3 is 2.59 bits per heavy atom. The van der Waals surface area contributed by atoms with Crippen LogP contribution in [0, 0.1) is 12.7 Å². The topological polar surface area (TPSA) is 73.2 Å². The highest BCUT2D eigenvalue weighted by atomic mass is 19.1. The molecular formula is C22H22FN3O3. The number of anilines is 1. The van der Waals surface area contributed by atoms with Gasteiger partial charge in [-0.25, -0.2) is 9.07 Å². The van der Waals surface area contributed by atoms with Gasteiger partial charge in [-0.2, -0.15) is 5.10 Å². The number of aryl methyl sites for hydroxylation is 1. The molecule has 0 spiro atoms. The van der Waals surface area contributed by atoms with Gasteiger partial charge in [0.1, 0.15) is 17.1 Å². The van der Waals surface area contributed by atoms with E-state index in [1.807, 2.05) is 12.1 Å². The SMILES string of the molecule is COc1cccc(-c2ccc(=O)n(C(C)(C)C(=O)Nc3cc(C)cc(F)c3)n2)c1. The highest BCUT2D eigenvalue weighted by Gasteiger charge is 2.32. The number of hydrogen-bond acceptors (Lipinski definition) is 4. The van der Waals surface area contributed by atoms with Gasteiger partial charge in [0.25, 0.3) is 11.5 Å². The van der Waals surface area contributed by atoms with E-state index in [1.54, 1.807) is 52.1 Å². The molecule has 0 bridgehead atoms. The van der Waals surface area contributed by atoms with Gasteiger partial charge in [-0.1, -0.05) is 12.1 Å². The Kier molecular flexibility index (Phi) is 5.50. The summed E-state index contributed by atoms with van der Waals surface area (Å²) in [6, 6.07) is 14.4. The molecule has 7 heteroatoms. The van der Waals surface area contributed by atoms with Crippen molar-refractivity contribution in [2.24, 2.45) is 0 Å². The number of methoxy groups -OCH3 is 1. The van der Waals surface area contributed by atoms with Crippen LogP contribution in [-0.4, -0.2) is 22.8 Å². The van der Waals surface area contributed by atoms with Crippen LogP contribution in [0.25, 0.3) is 11.3 Å². The monoisotopic (exact) mass is 395 g/mol. The fourth-order valence-electron chi connectivity index (χ4n) is 2.94. The van der Waals surface area contributed by atoms with E-state index in [9.17, 15) is 14.0 Å². The largest absolute Gasteiger partial charge is 0.497 e. The molecule has 0 radical (unpaired) electrons. The van der Waals surface area contributed by atoms with E-state index in [2.05, 4.69) is 10.4 Å².